The molecule has 0 aliphatic heterocycles. The molecule has 0 atom stereocenters. The Morgan fingerprint density at radius 3 is 2.53 bits per heavy atom. The molecular formula is C15H14N2O2. The number of azo groups is 1. The summed E-state index contributed by atoms with van der Waals surface area (Å²) in [5, 5.41) is 17.6. The van der Waals surface area contributed by atoms with Gasteiger partial charge in [0.15, 0.2) is 6.29 Å². The van der Waals surface area contributed by atoms with Crippen LogP contribution >= 0.6 is 0 Å². The number of nitrogens with zero attached hydrogens (tertiary/aromatic N) is 2. The first-order valence-corrected chi connectivity index (χ1v) is 5.87. The summed E-state index contributed by atoms with van der Waals surface area (Å²) < 4.78 is 0. The molecule has 0 spiro atoms. The van der Waals surface area contributed by atoms with Crippen molar-refractivity contribution >= 4 is 17.7 Å². The van der Waals surface area contributed by atoms with Gasteiger partial charge in [-0.15, -0.1) is 0 Å². The molecule has 0 aromatic heterocycles. The molecule has 0 saturated carbocycles. The number of rotatable bonds is 3. The minimum Gasteiger partial charge on any atom is -0.507 e. The van der Waals surface area contributed by atoms with E-state index in [2.05, 4.69) is 10.2 Å². The quantitative estimate of drug-likeness (QED) is 0.657. The molecule has 0 aliphatic carbocycles. The average Bonchev–Trinajstić information content (AvgIpc) is 2.39. The van der Waals surface area contributed by atoms with Crippen LogP contribution < -0.4 is 0 Å². The van der Waals surface area contributed by atoms with Crippen LogP contribution in [0.1, 0.15) is 21.5 Å². The molecule has 96 valence electrons. The number of benzene rings is 2. The van der Waals surface area contributed by atoms with Crippen molar-refractivity contribution in [3.8, 4) is 5.75 Å². The van der Waals surface area contributed by atoms with Crippen LogP contribution in [-0.4, -0.2) is 11.4 Å². The van der Waals surface area contributed by atoms with Crippen LogP contribution in [0.5, 0.6) is 5.75 Å². The van der Waals surface area contributed by atoms with E-state index in [9.17, 15) is 9.90 Å². The van der Waals surface area contributed by atoms with Gasteiger partial charge in [0.2, 0.25) is 0 Å². The van der Waals surface area contributed by atoms with Crippen LogP contribution in [0.25, 0.3) is 0 Å². The Kier molecular flexibility index (Phi) is 3.71. The number of carbonyl (C=O) groups excluding carboxylic acids is 1. The molecule has 19 heavy (non-hydrogen) atoms. The summed E-state index contributed by atoms with van der Waals surface area (Å²) in [4.78, 5) is 10.7. The van der Waals surface area contributed by atoms with Gasteiger partial charge in [-0.1, -0.05) is 17.7 Å². The molecule has 4 nitrogen and oxygen atoms in total. The van der Waals surface area contributed by atoms with Gasteiger partial charge in [-0.25, -0.2) is 0 Å². The SMILES string of the molecule is Cc1ccc(N=Nc2ccc(O)c(C=O)c2)c(C)c1. The Morgan fingerprint density at radius 2 is 1.84 bits per heavy atom. The summed E-state index contributed by atoms with van der Waals surface area (Å²) in [5.41, 5.74) is 3.73. The number of phenolic OH excluding ortho intramolecular Hbond substituents is 1. The van der Waals surface area contributed by atoms with Crippen molar-refractivity contribution in [1.82, 2.24) is 0 Å². The molecule has 4 heteroatoms. The molecule has 0 bridgehead atoms. The molecule has 0 heterocycles. The molecular weight excluding hydrogens is 240 g/mol. The lowest BCUT2D eigenvalue weighted by Gasteiger charge is -2.01. The van der Waals surface area contributed by atoms with E-state index in [-0.39, 0.29) is 11.3 Å². The summed E-state index contributed by atoms with van der Waals surface area (Å²) in [6.07, 6.45) is 0.589. The molecule has 2 aromatic carbocycles. The third-order valence-electron chi connectivity index (χ3n) is 2.76. The van der Waals surface area contributed by atoms with Gasteiger partial charge in [-0.2, -0.15) is 10.2 Å². The fraction of sp³-hybridized carbons (Fsp3) is 0.133. The summed E-state index contributed by atoms with van der Waals surface area (Å²) in [7, 11) is 0. The molecule has 0 saturated heterocycles. The summed E-state index contributed by atoms with van der Waals surface area (Å²) in [6, 6.07) is 10.4. The number of carbonyl (C=O) groups is 1. The topological polar surface area (TPSA) is 62.0 Å². The van der Waals surface area contributed by atoms with E-state index in [4.69, 9.17) is 0 Å². The molecule has 0 aliphatic rings. The van der Waals surface area contributed by atoms with E-state index in [0.717, 1.165) is 11.3 Å². The predicted octanol–water partition coefficient (Wildman–Crippen LogP) is 4.24. The van der Waals surface area contributed by atoms with Gasteiger partial charge >= 0.3 is 0 Å². The normalized spacial score (nSPS) is 10.8. The van der Waals surface area contributed by atoms with Crippen molar-refractivity contribution in [3.63, 3.8) is 0 Å². The van der Waals surface area contributed by atoms with Gasteiger partial charge in [0.25, 0.3) is 0 Å². The van der Waals surface area contributed by atoms with Crippen LogP contribution in [0.4, 0.5) is 11.4 Å². The molecule has 0 radical (unpaired) electrons. The summed E-state index contributed by atoms with van der Waals surface area (Å²) in [5.74, 6) is -0.0551. The van der Waals surface area contributed by atoms with E-state index in [0.29, 0.717) is 12.0 Å². The lowest BCUT2D eigenvalue weighted by Crippen LogP contribution is -1.80. The maximum Gasteiger partial charge on any atom is 0.153 e. The smallest absolute Gasteiger partial charge is 0.153 e. The lowest BCUT2D eigenvalue weighted by molar-refractivity contribution is 0.112. The maximum absolute atomic E-state index is 10.7. The van der Waals surface area contributed by atoms with Gasteiger partial charge in [0, 0.05) is 0 Å². The van der Waals surface area contributed by atoms with Crippen LogP contribution in [0, 0.1) is 13.8 Å². The van der Waals surface area contributed by atoms with E-state index in [1.165, 1.54) is 17.7 Å². The fourth-order valence-electron chi connectivity index (χ4n) is 1.73. The van der Waals surface area contributed by atoms with Crippen LogP contribution in [0.2, 0.25) is 0 Å². The van der Waals surface area contributed by atoms with Crippen molar-refractivity contribution in [2.75, 3.05) is 0 Å². The second-order valence-electron chi connectivity index (χ2n) is 4.35. The van der Waals surface area contributed by atoms with Crippen molar-refractivity contribution in [1.29, 1.82) is 0 Å². The van der Waals surface area contributed by atoms with Crippen LogP contribution in [0.3, 0.4) is 0 Å². The van der Waals surface area contributed by atoms with E-state index in [1.807, 2.05) is 32.0 Å². The van der Waals surface area contributed by atoms with Crippen molar-refractivity contribution < 1.29 is 9.90 Å². The summed E-state index contributed by atoms with van der Waals surface area (Å²) >= 11 is 0. The number of aromatic hydroxyl groups is 1. The Labute approximate surface area is 111 Å². The minimum atomic E-state index is -0.0551. The van der Waals surface area contributed by atoms with Gasteiger partial charge in [-0.3, -0.25) is 4.79 Å². The number of hydrogen-bond acceptors (Lipinski definition) is 4. The highest BCUT2D eigenvalue weighted by Gasteiger charge is 2.01. The largest absolute Gasteiger partial charge is 0.507 e. The fourth-order valence-corrected chi connectivity index (χ4v) is 1.73. The first-order valence-electron chi connectivity index (χ1n) is 5.87. The number of aryl methyl sites for hydroxylation is 2. The maximum atomic E-state index is 10.7. The molecule has 0 fully saturated rings. The monoisotopic (exact) mass is 254 g/mol. The highest BCUT2D eigenvalue weighted by molar-refractivity contribution is 5.80. The van der Waals surface area contributed by atoms with E-state index >= 15 is 0 Å². The number of phenols is 1. The van der Waals surface area contributed by atoms with Crippen molar-refractivity contribution in [3.05, 3.63) is 53.1 Å². The molecule has 0 amide bonds. The third kappa shape index (κ3) is 3.04. The van der Waals surface area contributed by atoms with Crippen LogP contribution in [-0.2, 0) is 0 Å². The number of aldehydes is 1. The summed E-state index contributed by atoms with van der Waals surface area (Å²) in [6.45, 7) is 3.99. The lowest BCUT2D eigenvalue weighted by atomic mass is 10.1. The Hall–Kier alpha value is -2.49. The predicted molar refractivity (Wildman–Crippen MR) is 73.6 cm³/mol. The first kappa shape index (κ1) is 13.0. The Morgan fingerprint density at radius 1 is 1.05 bits per heavy atom. The minimum absolute atomic E-state index is 0.0551. The van der Waals surface area contributed by atoms with Gasteiger partial charge in [0.1, 0.15) is 5.75 Å². The third-order valence-corrected chi connectivity index (χ3v) is 2.76. The highest BCUT2D eigenvalue weighted by atomic mass is 16.3. The zero-order valence-electron chi connectivity index (χ0n) is 10.8. The van der Waals surface area contributed by atoms with Crippen LogP contribution in [0.15, 0.2) is 46.6 Å². The zero-order valence-corrected chi connectivity index (χ0v) is 10.8. The first-order chi connectivity index (χ1) is 9.10. The Balaban J connectivity index is 2.29. The Bertz CT molecular complexity index is 649. The van der Waals surface area contributed by atoms with Crippen molar-refractivity contribution in [2.24, 2.45) is 10.2 Å². The standard InChI is InChI=1S/C15H14N2O2/c1-10-3-5-14(11(2)7-10)17-16-13-4-6-15(19)12(8-13)9-18/h3-9,19H,1-2H3. The average molecular weight is 254 g/mol. The molecule has 0 unspecified atom stereocenters. The second-order valence-corrected chi connectivity index (χ2v) is 4.35. The molecule has 1 N–H and O–H groups in total. The zero-order chi connectivity index (χ0) is 13.8. The van der Waals surface area contributed by atoms with E-state index < -0.39 is 0 Å². The molecule has 2 aromatic rings. The van der Waals surface area contributed by atoms with Gasteiger partial charge < -0.3 is 5.11 Å². The molecule has 2 rings (SSSR count). The number of hydrogen-bond donors (Lipinski definition) is 1. The van der Waals surface area contributed by atoms with Crippen molar-refractivity contribution in [2.45, 2.75) is 13.8 Å². The highest BCUT2D eigenvalue weighted by Crippen LogP contribution is 2.25. The van der Waals surface area contributed by atoms with Gasteiger partial charge in [-0.05, 0) is 43.7 Å². The second kappa shape index (κ2) is 5.44. The van der Waals surface area contributed by atoms with Gasteiger partial charge in [0.05, 0.1) is 16.9 Å². The van der Waals surface area contributed by atoms with E-state index in [1.54, 1.807) is 6.07 Å².